The molecule has 1 N–H and O–H groups in total. The van der Waals surface area contributed by atoms with E-state index in [4.69, 9.17) is 9.47 Å². The highest BCUT2D eigenvalue weighted by Crippen LogP contribution is 2.21. The van der Waals surface area contributed by atoms with Crippen LogP contribution in [0.15, 0.2) is 0 Å². The van der Waals surface area contributed by atoms with Gasteiger partial charge in [0.25, 0.3) is 0 Å². The molecule has 0 unspecified atom stereocenters. The number of ether oxygens (including phenoxy) is 2. The van der Waals surface area contributed by atoms with Crippen LogP contribution in [-0.2, 0) is 9.47 Å². The molecule has 0 spiro atoms. The molecule has 0 atom stereocenters. The van der Waals surface area contributed by atoms with Gasteiger partial charge in [-0.15, -0.1) is 0 Å². The minimum Gasteiger partial charge on any atom is -0.379 e. The zero-order chi connectivity index (χ0) is 15.5. The van der Waals surface area contributed by atoms with E-state index in [0.29, 0.717) is 5.41 Å². The fourth-order valence-electron chi connectivity index (χ4n) is 1.82. The van der Waals surface area contributed by atoms with Crippen molar-refractivity contribution in [3.63, 3.8) is 0 Å². The van der Waals surface area contributed by atoms with E-state index in [9.17, 15) is 0 Å². The second kappa shape index (κ2) is 10.6. The van der Waals surface area contributed by atoms with Crippen LogP contribution < -0.4 is 5.32 Å². The van der Waals surface area contributed by atoms with Crippen molar-refractivity contribution in [2.45, 2.75) is 72.8 Å². The molecule has 20 heavy (non-hydrogen) atoms. The molecule has 0 aliphatic carbocycles. The maximum Gasteiger partial charge on any atom is 0.0700 e. The van der Waals surface area contributed by atoms with Gasteiger partial charge in [0.15, 0.2) is 0 Å². The molecule has 122 valence electrons. The Kier molecular flexibility index (Phi) is 10.5. The van der Waals surface area contributed by atoms with Gasteiger partial charge in [0, 0.05) is 18.8 Å². The Balaban J connectivity index is 3.10. The quantitative estimate of drug-likeness (QED) is 0.582. The van der Waals surface area contributed by atoms with E-state index in [0.717, 1.165) is 45.8 Å². The molecule has 0 aromatic carbocycles. The summed E-state index contributed by atoms with van der Waals surface area (Å²) in [6.45, 7) is 17.5. The first-order valence-corrected chi connectivity index (χ1v) is 8.11. The van der Waals surface area contributed by atoms with Gasteiger partial charge in [-0.2, -0.15) is 0 Å². The Morgan fingerprint density at radius 3 is 1.75 bits per heavy atom. The van der Waals surface area contributed by atoms with Crippen molar-refractivity contribution in [3.8, 4) is 0 Å². The molecule has 0 aliphatic heterocycles. The molecule has 3 nitrogen and oxygen atoms in total. The summed E-state index contributed by atoms with van der Waals surface area (Å²) < 4.78 is 11.1. The molecule has 0 saturated heterocycles. The second-order valence-corrected chi connectivity index (χ2v) is 7.77. The molecule has 3 heteroatoms. The zero-order valence-corrected chi connectivity index (χ0v) is 14.7. The summed E-state index contributed by atoms with van der Waals surface area (Å²) in [5.41, 5.74) is 0.653. The van der Waals surface area contributed by atoms with Crippen LogP contribution in [-0.4, -0.2) is 38.5 Å². The van der Waals surface area contributed by atoms with Crippen LogP contribution in [0.5, 0.6) is 0 Å². The monoisotopic (exact) mass is 287 g/mol. The van der Waals surface area contributed by atoms with Crippen molar-refractivity contribution in [3.05, 3.63) is 0 Å². The molecular weight excluding hydrogens is 250 g/mol. The number of unbranched alkanes of at least 4 members (excludes halogenated alkanes) is 1. The summed E-state index contributed by atoms with van der Waals surface area (Å²) in [6.07, 6.45) is 4.74. The largest absolute Gasteiger partial charge is 0.379 e. The van der Waals surface area contributed by atoms with E-state index in [1.807, 2.05) is 0 Å². The Bertz CT molecular complexity index is 192. The van der Waals surface area contributed by atoms with Crippen molar-refractivity contribution in [1.29, 1.82) is 0 Å². The predicted molar refractivity (Wildman–Crippen MR) is 87.3 cm³/mol. The van der Waals surface area contributed by atoms with Crippen molar-refractivity contribution in [2.24, 2.45) is 5.41 Å². The fraction of sp³-hybridized carbons (Fsp3) is 1.00. The number of hydrogen-bond acceptors (Lipinski definition) is 3. The van der Waals surface area contributed by atoms with Crippen molar-refractivity contribution < 1.29 is 9.47 Å². The van der Waals surface area contributed by atoms with Gasteiger partial charge in [-0.05, 0) is 52.0 Å². The third-order valence-corrected chi connectivity index (χ3v) is 2.96. The van der Waals surface area contributed by atoms with E-state index in [2.05, 4.69) is 46.9 Å². The van der Waals surface area contributed by atoms with E-state index >= 15 is 0 Å². The molecule has 0 amide bonds. The fourth-order valence-corrected chi connectivity index (χ4v) is 1.82. The van der Waals surface area contributed by atoms with Gasteiger partial charge in [0.05, 0.1) is 13.2 Å². The Morgan fingerprint density at radius 1 is 0.700 bits per heavy atom. The van der Waals surface area contributed by atoms with Crippen molar-refractivity contribution in [1.82, 2.24) is 5.32 Å². The summed E-state index contributed by atoms with van der Waals surface area (Å²) in [6, 6.07) is 0. The highest BCUT2D eigenvalue weighted by atomic mass is 16.5. The van der Waals surface area contributed by atoms with Gasteiger partial charge in [-0.3, -0.25) is 0 Å². The highest BCUT2D eigenvalue weighted by molar-refractivity contribution is 4.69. The van der Waals surface area contributed by atoms with Crippen molar-refractivity contribution in [2.75, 3.05) is 33.0 Å². The zero-order valence-electron chi connectivity index (χ0n) is 14.7. The van der Waals surface area contributed by atoms with E-state index in [-0.39, 0.29) is 5.54 Å². The summed E-state index contributed by atoms with van der Waals surface area (Å²) in [7, 11) is 0. The van der Waals surface area contributed by atoms with Crippen LogP contribution in [0.3, 0.4) is 0 Å². The first-order chi connectivity index (χ1) is 9.21. The molecule has 0 aromatic rings. The van der Waals surface area contributed by atoms with Crippen LogP contribution in [0, 0.1) is 5.41 Å². The van der Waals surface area contributed by atoms with Gasteiger partial charge in [0.1, 0.15) is 0 Å². The van der Waals surface area contributed by atoms with Crippen molar-refractivity contribution >= 4 is 0 Å². The summed E-state index contributed by atoms with van der Waals surface area (Å²) in [5, 5.41) is 3.45. The average molecular weight is 287 g/mol. The highest BCUT2D eigenvalue weighted by Gasteiger charge is 2.08. The lowest BCUT2D eigenvalue weighted by molar-refractivity contribution is 0.0446. The summed E-state index contributed by atoms with van der Waals surface area (Å²) in [4.78, 5) is 0. The normalized spacial score (nSPS) is 12.9. The maximum atomic E-state index is 5.57. The topological polar surface area (TPSA) is 30.5 Å². The first-order valence-electron chi connectivity index (χ1n) is 8.11. The number of nitrogens with one attached hydrogen (secondary N) is 1. The van der Waals surface area contributed by atoms with Gasteiger partial charge in [-0.1, -0.05) is 27.2 Å². The molecule has 0 saturated carbocycles. The lowest BCUT2D eigenvalue weighted by atomic mass is 9.90. The van der Waals surface area contributed by atoms with Crippen LogP contribution in [0.2, 0.25) is 0 Å². The lowest BCUT2D eigenvalue weighted by Gasteiger charge is -2.20. The third kappa shape index (κ3) is 17.9. The number of hydrogen-bond donors (Lipinski definition) is 1. The van der Waals surface area contributed by atoms with E-state index < -0.39 is 0 Å². The SMILES string of the molecule is CC(C)(C)CCCCOCCOCCCNC(C)(C)C. The molecular formula is C17H37NO2. The smallest absolute Gasteiger partial charge is 0.0700 e. The summed E-state index contributed by atoms with van der Waals surface area (Å²) in [5.74, 6) is 0. The van der Waals surface area contributed by atoms with Crippen LogP contribution in [0.4, 0.5) is 0 Å². The standard InChI is InChI=1S/C17H37NO2/c1-16(2,3)10-7-8-12-19-14-15-20-13-9-11-18-17(4,5)6/h18H,7-15H2,1-6H3. The van der Waals surface area contributed by atoms with Gasteiger partial charge >= 0.3 is 0 Å². The van der Waals surface area contributed by atoms with Crippen LogP contribution in [0.25, 0.3) is 0 Å². The van der Waals surface area contributed by atoms with E-state index in [1.54, 1.807) is 0 Å². The third-order valence-electron chi connectivity index (χ3n) is 2.96. The Hall–Kier alpha value is -0.120. The van der Waals surface area contributed by atoms with Gasteiger partial charge in [0.2, 0.25) is 0 Å². The molecule has 0 aliphatic rings. The minimum atomic E-state index is 0.205. The molecule has 0 fully saturated rings. The Morgan fingerprint density at radius 2 is 1.25 bits per heavy atom. The average Bonchev–Trinajstić information content (AvgIpc) is 2.27. The predicted octanol–water partition coefficient (Wildman–Crippen LogP) is 4.01. The lowest BCUT2D eigenvalue weighted by Crippen LogP contribution is -2.36. The van der Waals surface area contributed by atoms with Crippen LogP contribution in [0.1, 0.15) is 67.2 Å². The molecule has 0 rings (SSSR count). The molecule has 0 aromatic heterocycles. The second-order valence-electron chi connectivity index (χ2n) is 7.77. The Labute approximate surface area is 126 Å². The maximum absolute atomic E-state index is 5.57. The van der Waals surface area contributed by atoms with E-state index in [1.165, 1.54) is 12.8 Å². The molecule has 0 radical (unpaired) electrons. The first kappa shape index (κ1) is 19.9. The minimum absolute atomic E-state index is 0.205. The van der Waals surface area contributed by atoms with Gasteiger partial charge < -0.3 is 14.8 Å². The molecule has 0 bridgehead atoms. The summed E-state index contributed by atoms with van der Waals surface area (Å²) >= 11 is 0. The van der Waals surface area contributed by atoms with Crippen LogP contribution >= 0.6 is 0 Å². The molecule has 0 heterocycles. The van der Waals surface area contributed by atoms with Gasteiger partial charge in [-0.25, -0.2) is 0 Å². The number of rotatable bonds is 11.